The predicted molar refractivity (Wildman–Crippen MR) is 161 cm³/mol. The zero-order chi connectivity index (χ0) is 29.1. The van der Waals surface area contributed by atoms with Gasteiger partial charge in [-0.25, -0.2) is 13.1 Å². The van der Waals surface area contributed by atoms with E-state index in [4.69, 9.17) is 0 Å². The number of hydrogen-bond acceptors (Lipinski definition) is 6. The third-order valence-electron chi connectivity index (χ3n) is 9.56. The van der Waals surface area contributed by atoms with Crippen molar-refractivity contribution in [1.29, 1.82) is 0 Å². The van der Waals surface area contributed by atoms with Crippen molar-refractivity contribution in [1.82, 2.24) is 9.71 Å². The Morgan fingerprint density at radius 3 is 2.24 bits per heavy atom. The first-order chi connectivity index (χ1) is 20.2. The summed E-state index contributed by atoms with van der Waals surface area (Å²) in [7, 11) is -4.35. The van der Waals surface area contributed by atoms with Gasteiger partial charge in [0.2, 0.25) is 0 Å². The summed E-state index contributed by atoms with van der Waals surface area (Å²) in [5, 5.41) is 16.3. The van der Waals surface area contributed by atoms with Gasteiger partial charge in [0.05, 0.1) is 9.82 Å². The first-order valence-electron chi connectivity index (χ1n) is 14.4. The molecule has 0 aliphatic heterocycles. The van der Waals surface area contributed by atoms with Crippen molar-refractivity contribution in [2.24, 2.45) is 23.2 Å². The van der Waals surface area contributed by atoms with Crippen molar-refractivity contribution in [3.05, 3.63) is 88.6 Å². The first kappa shape index (κ1) is 26.7. The topological polar surface area (TPSA) is 134 Å². The maximum Gasteiger partial charge on any atom is 0.293 e. The average molecular weight is 585 g/mol. The SMILES string of the molecule is O=C(NS(=O)(=O)c1ccc(NCC23CC4CC(CC(C4)C2)C3)c([N+](=O)[O-])c1)c1ccc(-c2ccc3cc[nH]c3c2)cc1. The molecule has 4 aliphatic carbocycles. The molecule has 216 valence electrons. The number of rotatable bonds is 8. The Kier molecular flexibility index (Phi) is 6.34. The molecular weight excluding hydrogens is 552 g/mol. The van der Waals surface area contributed by atoms with Gasteiger partial charge in [-0.05, 0) is 115 Å². The Hall–Kier alpha value is -4.18. The summed E-state index contributed by atoms with van der Waals surface area (Å²) in [6.07, 6.45) is 9.26. The molecule has 8 rings (SSSR count). The molecule has 4 aliphatic rings. The first-order valence-corrected chi connectivity index (χ1v) is 15.9. The molecule has 1 heterocycles. The van der Waals surface area contributed by atoms with Crippen LogP contribution in [-0.2, 0) is 10.0 Å². The summed E-state index contributed by atoms with van der Waals surface area (Å²) in [6, 6.07) is 18.3. The number of nitro groups is 1. The number of carbonyl (C=O) groups is 1. The fourth-order valence-corrected chi connectivity index (χ4v) is 9.04. The number of nitro benzene ring substituents is 1. The van der Waals surface area contributed by atoms with Crippen LogP contribution in [0, 0.1) is 33.3 Å². The summed E-state index contributed by atoms with van der Waals surface area (Å²) in [5.41, 5.74) is 3.11. The van der Waals surface area contributed by atoms with Crippen LogP contribution in [0.3, 0.4) is 0 Å². The Labute approximate surface area is 243 Å². The van der Waals surface area contributed by atoms with Gasteiger partial charge in [0.1, 0.15) is 5.69 Å². The fraction of sp³-hybridized carbons (Fsp3) is 0.344. The monoisotopic (exact) mass is 584 g/mol. The summed E-state index contributed by atoms with van der Waals surface area (Å²) >= 11 is 0. The standard InChI is InChI=1S/C32H32N4O5S/c37-31(25-4-1-23(2-5-25)26-6-3-24-9-10-33-29(24)14-26)35-42(40,41)27-7-8-28(30(15-27)36(38)39)34-19-32-16-20-11-21(17-32)13-22(12-20)18-32/h1-10,14-15,20-22,33-34H,11-13,16-19H2,(H,35,37). The van der Waals surface area contributed by atoms with Gasteiger partial charge in [0.25, 0.3) is 21.6 Å². The maximum absolute atomic E-state index is 13.1. The number of benzene rings is 3. The highest BCUT2D eigenvalue weighted by Gasteiger charge is 2.50. The summed E-state index contributed by atoms with van der Waals surface area (Å²) in [6.45, 7) is 0.648. The Morgan fingerprint density at radius 2 is 1.57 bits per heavy atom. The molecule has 4 fully saturated rings. The van der Waals surface area contributed by atoms with E-state index in [-0.39, 0.29) is 21.6 Å². The molecule has 0 unspecified atom stereocenters. The van der Waals surface area contributed by atoms with Gasteiger partial charge in [-0.2, -0.15) is 0 Å². The highest BCUT2D eigenvalue weighted by Crippen LogP contribution is 2.60. The molecule has 4 bridgehead atoms. The number of sulfonamides is 1. The number of nitrogens with zero attached hydrogens (tertiary/aromatic N) is 1. The number of hydrogen-bond donors (Lipinski definition) is 3. The summed E-state index contributed by atoms with van der Waals surface area (Å²) in [4.78, 5) is 27.1. The highest BCUT2D eigenvalue weighted by atomic mass is 32.2. The predicted octanol–water partition coefficient (Wildman–Crippen LogP) is 6.49. The molecule has 3 aromatic carbocycles. The maximum atomic E-state index is 13.1. The summed E-state index contributed by atoms with van der Waals surface area (Å²) in [5.74, 6) is 1.46. The minimum Gasteiger partial charge on any atom is -0.379 e. The van der Waals surface area contributed by atoms with Gasteiger partial charge >= 0.3 is 0 Å². The van der Waals surface area contributed by atoms with Gasteiger partial charge in [0.15, 0.2) is 0 Å². The lowest BCUT2D eigenvalue weighted by molar-refractivity contribution is -0.384. The Bertz CT molecular complexity index is 1780. The van der Waals surface area contributed by atoms with Crippen molar-refractivity contribution in [3.8, 4) is 11.1 Å². The van der Waals surface area contributed by atoms with Gasteiger partial charge in [-0.1, -0.05) is 24.3 Å². The molecule has 0 saturated heterocycles. The number of H-pyrrole nitrogens is 1. The molecular formula is C32H32N4O5S. The van der Waals surface area contributed by atoms with E-state index >= 15 is 0 Å². The van der Waals surface area contributed by atoms with Crippen LogP contribution in [0.5, 0.6) is 0 Å². The van der Waals surface area contributed by atoms with Gasteiger partial charge in [-0.3, -0.25) is 14.9 Å². The van der Waals surface area contributed by atoms with E-state index < -0.39 is 20.9 Å². The normalized spacial score (nSPS) is 24.5. The molecule has 0 radical (unpaired) electrons. The zero-order valence-electron chi connectivity index (χ0n) is 23.0. The van der Waals surface area contributed by atoms with E-state index in [1.54, 1.807) is 24.3 Å². The molecule has 9 nitrogen and oxygen atoms in total. The molecule has 0 atom stereocenters. The number of fused-ring (bicyclic) bond motifs is 1. The van der Waals surface area contributed by atoms with E-state index in [0.29, 0.717) is 12.2 Å². The van der Waals surface area contributed by atoms with E-state index in [1.165, 1.54) is 31.4 Å². The molecule has 4 aromatic rings. The van der Waals surface area contributed by atoms with Crippen molar-refractivity contribution < 1.29 is 18.1 Å². The Morgan fingerprint density at radius 1 is 0.905 bits per heavy atom. The van der Waals surface area contributed by atoms with Crippen LogP contribution >= 0.6 is 0 Å². The van der Waals surface area contributed by atoms with E-state index in [1.807, 2.05) is 30.5 Å². The zero-order valence-corrected chi connectivity index (χ0v) is 23.8. The second-order valence-electron chi connectivity index (χ2n) is 12.5. The number of aromatic amines is 1. The largest absolute Gasteiger partial charge is 0.379 e. The summed E-state index contributed by atoms with van der Waals surface area (Å²) < 4.78 is 28.3. The van der Waals surface area contributed by atoms with Gasteiger partial charge in [-0.15, -0.1) is 0 Å². The molecule has 4 saturated carbocycles. The molecule has 10 heteroatoms. The second-order valence-corrected chi connectivity index (χ2v) is 14.2. The number of amides is 1. The van der Waals surface area contributed by atoms with Crippen molar-refractivity contribution in [3.63, 3.8) is 0 Å². The van der Waals surface area contributed by atoms with Gasteiger partial charge < -0.3 is 10.3 Å². The average Bonchev–Trinajstić information content (AvgIpc) is 3.43. The minimum atomic E-state index is -4.35. The Balaban J connectivity index is 1.05. The molecule has 1 aromatic heterocycles. The van der Waals surface area contributed by atoms with Crippen LogP contribution in [0.25, 0.3) is 22.0 Å². The van der Waals surface area contributed by atoms with Gasteiger partial charge in [0, 0.05) is 29.9 Å². The molecule has 0 spiro atoms. The smallest absolute Gasteiger partial charge is 0.293 e. The molecule has 1 amide bonds. The van der Waals surface area contributed by atoms with Crippen LogP contribution in [-0.4, -0.2) is 30.8 Å². The third-order valence-corrected chi connectivity index (χ3v) is 10.9. The van der Waals surface area contributed by atoms with Crippen LogP contribution in [0.15, 0.2) is 77.8 Å². The second kappa shape index (κ2) is 9.97. The fourth-order valence-electron chi connectivity index (χ4n) is 8.05. The van der Waals surface area contributed by atoms with Crippen molar-refractivity contribution >= 4 is 38.2 Å². The third kappa shape index (κ3) is 4.93. The van der Waals surface area contributed by atoms with Crippen molar-refractivity contribution in [2.75, 3.05) is 11.9 Å². The lowest BCUT2D eigenvalue weighted by Gasteiger charge is -2.57. The quantitative estimate of drug-likeness (QED) is 0.160. The molecule has 42 heavy (non-hydrogen) atoms. The number of anilines is 1. The van der Waals surface area contributed by atoms with Crippen LogP contribution in [0.1, 0.15) is 48.9 Å². The van der Waals surface area contributed by atoms with Crippen molar-refractivity contribution in [2.45, 2.75) is 43.4 Å². The lowest BCUT2D eigenvalue weighted by Crippen LogP contribution is -2.49. The number of aromatic nitrogens is 1. The van der Waals surface area contributed by atoms with Crippen LogP contribution < -0.4 is 10.0 Å². The molecule has 3 N–H and O–H groups in total. The minimum absolute atomic E-state index is 0.158. The van der Waals surface area contributed by atoms with E-state index in [0.717, 1.165) is 65.1 Å². The highest BCUT2D eigenvalue weighted by molar-refractivity contribution is 7.90. The lowest BCUT2D eigenvalue weighted by atomic mass is 9.49. The van der Waals surface area contributed by atoms with E-state index in [9.17, 15) is 23.3 Å². The van der Waals surface area contributed by atoms with E-state index in [2.05, 4.69) is 15.0 Å². The van der Waals surface area contributed by atoms with Crippen LogP contribution in [0.4, 0.5) is 11.4 Å². The number of carbonyl (C=O) groups excluding carboxylic acids is 1. The van der Waals surface area contributed by atoms with Crippen LogP contribution in [0.2, 0.25) is 0 Å². The number of nitrogens with one attached hydrogen (secondary N) is 3.